The van der Waals surface area contributed by atoms with Gasteiger partial charge in [0, 0.05) is 6.42 Å². The van der Waals surface area contributed by atoms with Crippen LogP contribution in [0.15, 0.2) is 48.5 Å². The van der Waals surface area contributed by atoms with E-state index < -0.39 is 16.1 Å². The highest BCUT2D eigenvalue weighted by Crippen LogP contribution is 2.26. The molecule has 0 unspecified atom stereocenters. The summed E-state index contributed by atoms with van der Waals surface area (Å²) >= 11 is 0. The van der Waals surface area contributed by atoms with Gasteiger partial charge in [0.05, 0.1) is 31.7 Å². The van der Waals surface area contributed by atoms with Crippen molar-refractivity contribution in [2.24, 2.45) is 0 Å². The summed E-state index contributed by atoms with van der Waals surface area (Å²) in [5.41, 5.74) is 1.20. The molecule has 8 heteroatoms. The van der Waals surface area contributed by atoms with Crippen LogP contribution in [0.4, 0.5) is 5.69 Å². The highest BCUT2D eigenvalue weighted by molar-refractivity contribution is 7.88. The summed E-state index contributed by atoms with van der Waals surface area (Å²) in [5, 5.41) is 2.78. The second kappa shape index (κ2) is 9.38. The van der Waals surface area contributed by atoms with E-state index in [-0.39, 0.29) is 12.3 Å². The number of rotatable bonds is 9. The van der Waals surface area contributed by atoms with Crippen molar-refractivity contribution in [1.82, 2.24) is 4.72 Å². The molecule has 0 spiro atoms. The minimum absolute atomic E-state index is 0.0696. The van der Waals surface area contributed by atoms with Crippen LogP contribution in [0.5, 0.6) is 11.5 Å². The second-order valence-corrected chi connectivity index (χ2v) is 7.68. The quantitative estimate of drug-likeness (QED) is 0.684. The number of hydrogen-bond acceptors (Lipinski definition) is 5. The van der Waals surface area contributed by atoms with Crippen LogP contribution in [0.25, 0.3) is 0 Å². The number of sulfonamides is 1. The zero-order chi connectivity index (χ0) is 19.9. The average Bonchev–Trinajstić information content (AvgIpc) is 2.62. The Labute approximate surface area is 159 Å². The third-order valence-electron chi connectivity index (χ3n) is 3.73. The zero-order valence-electron chi connectivity index (χ0n) is 15.6. The molecule has 2 aromatic carbocycles. The first kappa shape index (κ1) is 20.7. The van der Waals surface area contributed by atoms with Gasteiger partial charge in [0.25, 0.3) is 0 Å². The Kier molecular flexibility index (Phi) is 7.20. The van der Waals surface area contributed by atoms with Crippen molar-refractivity contribution in [2.45, 2.75) is 19.4 Å². The Morgan fingerprint density at radius 3 is 2.37 bits per heavy atom. The minimum atomic E-state index is -3.51. The highest BCUT2D eigenvalue weighted by atomic mass is 32.2. The van der Waals surface area contributed by atoms with Gasteiger partial charge < -0.3 is 14.8 Å². The zero-order valence-corrected chi connectivity index (χ0v) is 16.4. The lowest BCUT2D eigenvalue weighted by Crippen LogP contribution is -2.30. The molecule has 7 nitrogen and oxygen atoms in total. The third kappa shape index (κ3) is 6.58. The number of nitrogens with one attached hydrogen (secondary N) is 2. The molecule has 2 N–H and O–H groups in total. The number of hydrogen-bond donors (Lipinski definition) is 2. The number of anilines is 1. The van der Waals surface area contributed by atoms with E-state index in [0.717, 1.165) is 6.26 Å². The van der Waals surface area contributed by atoms with Gasteiger partial charge in [-0.2, -0.15) is 0 Å². The van der Waals surface area contributed by atoms with E-state index >= 15 is 0 Å². The van der Waals surface area contributed by atoms with Gasteiger partial charge in [-0.15, -0.1) is 0 Å². The van der Waals surface area contributed by atoms with Crippen LogP contribution in [-0.4, -0.2) is 34.3 Å². The maximum atomic E-state index is 12.5. The molecule has 2 rings (SSSR count). The van der Waals surface area contributed by atoms with Gasteiger partial charge in [-0.25, -0.2) is 13.1 Å². The molecule has 0 fully saturated rings. The van der Waals surface area contributed by atoms with Crippen LogP contribution in [0.2, 0.25) is 0 Å². The third-order valence-corrected chi connectivity index (χ3v) is 4.44. The Morgan fingerprint density at radius 2 is 1.78 bits per heavy atom. The average molecular weight is 392 g/mol. The fourth-order valence-corrected chi connectivity index (χ4v) is 3.30. The Morgan fingerprint density at radius 1 is 1.11 bits per heavy atom. The van der Waals surface area contributed by atoms with Crippen LogP contribution in [0.1, 0.15) is 24.9 Å². The number of para-hydroxylation sites is 2. The second-order valence-electron chi connectivity index (χ2n) is 5.90. The standard InChI is InChI=1S/C19H24N2O5S/c1-4-26-18-8-6-5-7-16(18)20-19(22)13-17(21-27(3,23)24)14-9-11-15(25-2)12-10-14/h5-12,17,21H,4,13H2,1-3H3,(H,20,22)/t17-/m0/s1. The molecule has 2 aromatic rings. The number of carbonyl (C=O) groups is 1. The number of ether oxygens (including phenoxy) is 2. The Bertz CT molecular complexity index is 866. The molecule has 0 heterocycles. The lowest BCUT2D eigenvalue weighted by molar-refractivity contribution is -0.116. The topological polar surface area (TPSA) is 93.7 Å². The first-order valence-electron chi connectivity index (χ1n) is 8.45. The molecule has 0 bridgehead atoms. The van der Waals surface area contributed by atoms with Crippen LogP contribution >= 0.6 is 0 Å². The van der Waals surface area contributed by atoms with Crippen LogP contribution < -0.4 is 19.5 Å². The van der Waals surface area contributed by atoms with Crippen molar-refractivity contribution in [1.29, 1.82) is 0 Å². The van der Waals surface area contributed by atoms with Crippen molar-refractivity contribution in [2.75, 3.05) is 25.3 Å². The molecule has 1 atom stereocenters. The van der Waals surface area contributed by atoms with Crippen LogP contribution in [0, 0.1) is 0 Å². The predicted molar refractivity (Wildman–Crippen MR) is 105 cm³/mol. The summed E-state index contributed by atoms with van der Waals surface area (Å²) in [6.07, 6.45) is 0.992. The molecule has 0 aliphatic carbocycles. The van der Waals surface area contributed by atoms with Gasteiger partial charge in [-0.05, 0) is 36.8 Å². The summed E-state index contributed by atoms with van der Waals surface area (Å²) in [4.78, 5) is 12.5. The van der Waals surface area contributed by atoms with E-state index in [0.29, 0.717) is 29.4 Å². The molecule has 0 aromatic heterocycles. The van der Waals surface area contributed by atoms with E-state index in [1.165, 1.54) is 0 Å². The molecular formula is C19H24N2O5S. The number of amides is 1. The van der Waals surface area contributed by atoms with Crippen LogP contribution in [0.3, 0.4) is 0 Å². The highest BCUT2D eigenvalue weighted by Gasteiger charge is 2.20. The maximum Gasteiger partial charge on any atom is 0.226 e. The van der Waals surface area contributed by atoms with Crippen molar-refractivity contribution >= 4 is 21.6 Å². The summed E-state index contributed by atoms with van der Waals surface area (Å²) in [5.74, 6) is 0.872. The monoisotopic (exact) mass is 392 g/mol. The molecular weight excluding hydrogens is 368 g/mol. The van der Waals surface area contributed by atoms with E-state index in [4.69, 9.17) is 9.47 Å². The summed E-state index contributed by atoms with van der Waals surface area (Å²) in [6, 6.07) is 13.3. The van der Waals surface area contributed by atoms with Gasteiger partial charge in [0.15, 0.2) is 0 Å². The van der Waals surface area contributed by atoms with E-state index in [9.17, 15) is 13.2 Å². The number of methoxy groups -OCH3 is 1. The predicted octanol–water partition coefficient (Wildman–Crippen LogP) is 2.71. The van der Waals surface area contributed by atoms with Gasteiger partial charge in [0.2, 0.25) is 15.9 Å². The molecule has 0 aliphatic rings. The lowest BCUT2D eigenvalue weighted by Gasteiger charge is -2.19. The maximum absolute atomic E-state index is 12.5. The van der Waals surface area contributed by atoms with Crippen molar-refractivity contribution in [3.8, 4) is 11.5 Å². The van der Waals surface area contributed by atoms with Gasteiger partial charge in [0.1, 0.15) is 11.5 Å². The molecule has 0 saturated heterocycles. The van der Waals surface area contributed by atoms with E-state index in [1.54, 1.807) is 49.6 Å². The Hall–Kier alpha value is -2.58. The smallest absolute Gasteiger partial charge is 0.226 e. The normalized spacial score (nSPS) is 12.3. The van der Waals surface area contributed by atoms with Crippen molar-refractivity contribution < 1.29 is 22.7 Å². The molecule has 27 heavy (non-hydrogen) atoms. The van der Waals surface area contributed by atoms with Gasteiger partial charge >= 0.3 is 0 Å². The number of benzene rings is 2. The fourth-order valence-electron chi connectivity index (χ4n) is 2.56. The summed E-state index contributed by atoms with van der Waals surface area (Å²) in [6.45, 7) is 2.32. The van der Waals surface area contributed by atoms with Gasteiger partial charge in [-0.1, -0.05) is 24.3 Å². The molecule has 146 valence electrons. The first-order valence-corrected chi connectivity index (χ1v) is 10.3. The largest absolute Gasteiger partial charge is 0.497 e. The minimum Gasteiger partial charge on any atom is -0.497 e. The van der Waals surface area contributed by atoms with Crippen molar-refractivity contribution in [3.05, 3.63) is 54.1 Å². The van der Waals surface area contributed by atoms with E-state index in [1.807, 2.05) is 13.0 Å². The SMILES string of the molecule is CCOc1ccccc1NC(=O)C[C@H](NS(C)(=O)=O)c1ccc(OC)cc1. The molecule has 1 amide bonds. The van der Waals surface area contributed by atoms with Crippen molar-refractivity contribution in [3.63, 3.8) is 0 Å². The molecule has 0 saturated carbocycles. The molecule has 0 radical (unpaired) electrons. The van der Waals surface area contributed by atoms with Crippen LogP contribution in [-0.2, 0) is 14.8 Å². The molecule has 0 aliphatic heterocycles. The summed E-state index contributed by atoms with van der Waals surface area (Å²) < 4.78 is 36.6. The first-order chi connectivity index (χ1) is 12.8. The summed E-state index contributed by atoms with van der Waals surface area (Å²) in [7, 11) is -1.96. The fraction of sp³-hybridized carbons (Fsp3) is 0.316. The number of carbonyl (C=O) groups excluding carboxylic acids is 1. The lowest BCUT2D eigenvalue weighted by atomic mass is 10.0. The Balaban J connectivity index is 2.18. The van der Waals surface area contributed by atoms with Gasteiger partial charge in [-0.3, -0.25) is 4.79 Å². The van der Waals surface area contributed by atoms with E-state index in [2.05, 4.69) is 10.0 Å².